The smallest absolute Gasteiger partial charge is 0.188 e. The number of benzene rings is 1. The van der Waals surface area contributed by atoms with Crippen LogP contribution in [0.3, 0.4) is 0 Å². The molecule has 0 bridgehead atoms. The van der Waals surface area contributed by atoms with Crippen molar-refractivity contribution in [2.24, 2.45) is 5.73 Å². The molecule has 2 rings (SSSR count). The van der Waals surface area contributed by atoms with Crippen molar-refractivity contribution in [3.63, 3.8) is 0 Å². The second-order valence-electron chi connectivity index (χ2n) is 4.80. The Kier molecular flexibility index (Phi) is 5.68. The fourth-order valence-corrected chi connectivity index (χ4v) is 1.97. The Balaban J connectivity index is 2.00. The predicted molar refractivity (Wildman–Crippen MR) is 78.4 cm³/mol. The minimum atomic E-state index is -0.283. The van der Waals surface area contributed by atoms with E-state index in [-0.39, 0.29) is 12.4 Å². The molecule has 2 N–H and O–H groups in total. The third kappa shape index (κ3) is 4.53. The lowest BCUT2D eigenvalue weighted by atomic mass is 10.3. The molecule has 0 saturated carbocycles. The SMILES string of the molecule is CCCCn1nc(COc2ccc(F)cc2)nc1CCN. The van der Waals surface area contributed by atoms with Crippen LogP contribution in [0.25, 0.3) is 0 Å². The van der Waals surface area contributed by atoms with Crippen molar-refractivity contribution < 1.29 is 9.13 Å². The summed E-state index contributed by atoms with van der Waals surface area (Å²) in [6, 6.07) is 5.90. The van der Waals surface area contributed by atoms with Crippen LogP contribution in [0, 0.1) is 5.82 Å². The summed E-state index contributed by atoms with van der Waals surface area (Å²) in [5, 5.41) is 4.45. The summed E-state index contributed by atoms with van der Waals surface area (Å²) in [6.45, 7) is 3.79. The molecular formula is C15H21FN4O. The van der Waals surface area contributed by atoms with Crippen LogP contribution >= 0.6 is 0 Å². The van der Waals surface area contributed by atoms with E-state index in [1.54, 1.807) is 12.1 Å². The molecule has 0 fully saturated rings. The van der Waals surface area contributed by atoms with E-state index >= 15 is 0 Å². The third-order valence-corrected chi connectivity index (χ3v) is 3.07. The number of rotatable bonds is 8. The molecule has 0 aliphatic heterocycles. The number of ether oxygens (including phenoxy) is 1. The first-order valence-electron chi connectivity index (χ1n) is 7.24. The number of nitrogens with two attached hydrogens (primary N) is 1. The molecule has 0 spiro atoms. The molecule has 0 amide bonds. The zero-order chi connectivity index (χ0) is 15.1. The van der Waals surface area contributed by atoms with E-state index in [0.29, 0.717) is 24.5 Å². The molecular weight excluding hydrogens is 271 g/mol. The van der Waals surface area contributed by atoms with Crippen molar-refractivity contribution in [2.45, 2.75) is 39.3 Å². The largest absolute Gasteiger partial charge is 0.486 e. The van der Waals surface area contributed by atoms with Crippen molar-refractivity contribution in [3.8, 4) is 5.75 Å². The molecule has 0 aliphatic rings. The molecule has 0 saturated heterocycles. The lowest BCUT2D eigenvalue weighted by molar-refractivity contribution is 0.294. The van der Waals surface area contributed by atoms with Gasteiger partial charge in [0, 0.05) is 13.0 Å². The van der Waals surface area contributed by atoms with Crippen LogP contribution in [-0.4, -0.2) is 21.3 Å². The van der Waals surface area contributed by atoms with Crippen molar-refractivity contribution in [1.29, 1.82) is 0 Å². The van der Waals surface area contributed by atoms with Gasteiger partial charge in [0.2, 0.25) is 0 Å². The highest BCUT2D eigenvalue weighted by molar-refractivity contribution is 5.22. The van der Waals surface area contributed by atoms with Crippen molar-refractivity contribution >= 4 is 0 Å². The molecule has 5 nitrogen and oxygen atoms in total. The normalized spacial score (nSPS) is 10.8. The van der Waals surface area contributed by atoms with Gasteiger partial charge in [0.15, 0.2) is 5.82 Å². The number of hydrogen-bond donors (Lipinski definition) is 1. The Morgan fingerprint density at radius 2 is 2.05 bits per heavy atom. The van der Waals surface area contributed by atoms with Gasteiger partial charge in [-0.15, -0.1) is 0 Å². The summed E-state index contributed by atoms with van der Waals surface area (Å²) >= 11 is 0. The van der Waals surface area contributed by atoms with Gasteiger partial charge in [-0.2, -0.15) is 5.10 Å². The predicted octanol–water partition coefficient (Wildman–Crippen LogP) is 2.30. The molecule has 1 aromatic heterocycles. The molecule has 114 valence electrons. The van der Waals surface area contributed by atoms with Crippen LogP contribution in [0.1, 0.15) is 31.4 Å². The minimum absolute atomic E-state index is 0.266. The molecule has 6 heteroatoms. The van der Waals surface area contributed by atoms with Crippen LogP contribution < -0.4 is 10.5 Å². The second kappa shape index (κ2) is 7.73. The monoisotopic (exact) mass is 292 g/mol. The molecule has 0 unspecified atom stereocenters. The summed E-state index contributed by atoms with van der Waals surface area (Å²) in [4.78, 5) is 4.46. The zero-order valence-electron chi connectivity index (χ0n) is 12.3. The molecule has 2 aromatic rings. The molecule has 0 atom stereocenters. The Morgan fingerprint density at radius 1 is 1.29 bits per heavy atom. The lowest BCUT2D eigenvalue weighted by Crippen LogP contribution is -2.11. The second-order valence-corrected chi connectivity index (χ2v) is 4.80. The standard InChI is InChI=1S/C15H21FN4O/c1-2-3-10-20-15(8-9-17)18-14(19-20)11-21-13-6-4-12(16)5-7-13/h4-7H,2-3,8-11,17H2,1H3. The van der Waals surface area contributed by atoms with Gasteiger partial charge in [-0.05, 0) is 37.2 Å². The Morgan fingerprint density at radius 3 is 2.71 bits per heavy atom. The van der Waals surface area contributed by atoms with Crippen LogP contribution in [0.4, 0.5) is 4.39 Å². The molecule has 1 aromatic carbocycles. The first kappa shape index (κ1) is 15.4. The Hall–Kier alpha value is -1.95. The van der Waals surface area contributed by atoms with Crippen molar-refractivity contribution in [3.05, 3.63) is 41.7 Å². The Bertz CT molecular complexity index is 553. The first-order valence-corrected chi connectivity index (χ1v) is 7.24. The highest BCUT2D eigenvalue weighted by atomic mass is 19.1. The van der Waals surface area contributed by atoms with Crippen LogP contribution in [0.15, 0.2) is 24.3 Å². The average molecular weight is 292 g/mol. The number of aromatic nitrogens is 3. The third-order valence-electron chi connectivity index (χ3n) is 3.07. The summed E-state index contributed by atoms with van der Waals surface area (Å²) < 4.78 is 20.3. The topological polar surface area (TPSA) is 66.0 Å². The van der Waals surface area contributed by atoms with Gasteiger partial charge in [-0.3, -0.25) is 0 Å². The van der Waals surface area contributed by atoms with Crippen LogP contribution in [0.5, 0.6) is 5.75 Å². The molecule has 0 radical (unpaired) electrons. The minimum Gasteiger partial charge on any atom is -0.486 e. The summed E-state index contributed by atoms with van der Waals surface area (Å²) in [7, 11) is 0. The maximum Gasteiger partial charge on any atom is 0.188 e. The van der Waals surface area contributed by atoms with Gasteiger partial charge >= 0.3 is 0 Å². The highest BCUT2D eigenvalue weighted by Crippen LogP contribution is 2.13. The van der Waals surface area contributed by atoms with Crippen molar-refractivity contribution in [1.82, 2.24) is 14.8 Å². The summed E-state index contributed by atoms with van der Waals surface area (Å²) in [5.41, 5.74) is 5.60. The van der Waals surface area contributed by atoms with E-state index in [9.17, 15) is 4.39 Å². The average Bonchev–Trinajstić information content (AvgIpc) is 2.87. The lowest BCUT2D eigenvalue weighted by Gasteiger charge is -2.03. The number of aryl methyl sites for hydroxylation is 1. The fraction of sp³-hybridized carbons (Fsp3) is 0.467. The number of hydrogen-bond acceptors (Lipinski definition) is 4. The van der Waals surface area contributed by atoms with Crippen LogP contribution in [-0.2, 0) is 19.6 Å². The summed E-state index contributed by atoms with van der Waals surface area (Å²) in [6.07, 6.45) is 2.86. The fourth-order valence-electron chi connectivity index (χ4n) is 1.97. The first-order chi connectivity index (χ1) is 10.2. The summed E-state index contributed by atoms with van der Waals surface area (Å²) in [5.74, 6) is 1.83. The maximum atomic E-state index is 12.8. The van der Waals surface area contributed by atoms with Gasteiger partial charge in [-0.25, -0.2) is 14.1 Å². The van der Waals surface area contributed by atoms with E-state index in [1.807, 2.05) is 4.68 Å². The van der Waals surface area contributed by atoms with E-state index in [2.05, 4.69) is 17.0 Å². The Labute approximate surface area is 123 Å². The zero-order valence-corrected chi connectivity index (χ0v) is 12.3. The number of unbranched alkanes of at least 4 members (excludes halogenated alkanes) is 1. The molecule has 21 heavy (non-hydrogen) atoms. The van der Waals surface area contributed by atoms with E-state index in [0.717, 1.165) is 25.2 Å². The van der Waals surface area contributed by atoms with Gasteiger partial charge in [0.1, 0.15) is 24.0 Å². The van der Waals surface area contributed by atoms with Crippen molar-refractivity contribution in [2.75, 3.05) is 6.54 Å². The molecule has 1 heterocycles. The van der Waals surface area contributed by atoms with Gasteiger partial charge in [0.25, 0.3) is 0 Å². The van der Waals surface area contributed by atoms with E-state index < -0.39 is 0 Å². The van der Waals surface area contributed by atoms with E-state index in [1.165, 1.54) is 12.1 Å². The van der Waals surface area contributed by atoms with Gasteiger partial charge < -0.3 is 10.5 Å². The number of nitrogens with zero attached hydrogens (tertiary/aromatic N) is 3. The number of halogens is 1. The van der Waals surface area contributed by atoms with Gasteiger partial charge in [-0.1, -0.05) is 13.3 Å². The quantitative estimate of drug-likeness (QED) is 0.810. The molecule has 0 aliphatic carbocycles. The van der Waals surface area contributed by atoms with Crippen LogP contribution in [0.2, 0.25) is 0 Å². The van der Waals surface area contributed by atoms with Gasteiger partial charge in [0.05, 0.1) is 0 Å². The van der Waals surface area contributed by atoms with E-state index in [4.69, 9.17) is 10.5 Å². The maximum absolute atomic E-state index is 12.8. The highest BCUT2D eigenvalue weighted by Gasteiger charge is 2.09.